The fraction of sp³-hybridized carbons (Fsp3) is 0.733. The van der Waals surface area contributed by atoms with E-state index in [2.05, 4.69) is 15.5 Å². The molecule has 21 heavy (non-hydrogen) atoms. The van der Waals surface area contributed by atoms with Crippen molar-refractivity contribution in [3.05, 3.63) is 16.3 Å². The van der Waals surface area contributed by atoms with Crippen molar-refractivity contribution in [1.29, 1.82) is 0 Å². The van der Waals surface area contributed by atoms with Crippen LogP contribution in [-0.4, -0.2) is 34.1 Å². The molecule has 2 saturated carbocycles. The van der Waals surface area contributed by atoms with Crippen molar-refractivity contribution in [3.8, 4) is 0 Å². The molecule has 2 fully saturated rings. The number of fused-ring (bicyclic) bond motifs is 2. The molecule has 0 amide bonds. The van der Waals surface area contributed by atoms with E-state index in [9.17, 15) is 5.11 Å². The molecule has 2 aliphatic carbocycles. The van der Waals surface area contributed by atoms with Gasteiger partial charge in [-0.2, -0.15) is 0 Å². The van der Waals surface area contributed by atoms with Crippen LogP contribution in [0.1, 0.15) is 49.7 Å². The standard InChI is InChI=1S/C15H20ClN3O2/c16-13-12-9(7-21-8-15(12)5-6-15)14(19-18-13)17-10-3-1-2-4-11(10)20/h10-11,20H,1-8H2,(H,17,19)/t10-,11-/m1/s1. The van der Waals surface area contributed by atoms with E-state index in [-0.39, 0.29) is 17.6 Å². The first-order valence-corrected chi connectivity index (χ1v) is 8.15. The van der Waals surface area contributed by atoms with Crippen molar-refractivity contribution in [2.24, 2.45) is 0 Å². The van der Waals surface area contributed by atoms with E-state index >= 15 is 0 Å². The van der Waals surface area contributed by atoms with Crippen molar-refractivity contribution in [3.63, 3.8) is 0 Å². The number of rotatable bonds is 2. The predicted octanol–water partition coefficient (Wildman–Crippen LogP) is 2.41. The van der Waals surface area contributed by atoms with Gasteiger partial charge in [0.25, 0.3) is 0 Å². The molecular formula is C15H20ClN3O2. The van der Waals surface area contributed by atoms with Gasteiger partial charge in [0.1, 0.15) is 0 Å². The minimum Gasteiger partial charge on any atom is -0.391 e. The Morgan fingerprint density at radius 3 is 2.81 bits per heavy atom. The Morgan fingerprint density at radius 2 is 2.05 bits per heavy atom. The van der Waals surface area contributed by atoms with Crippen molar-refractivity contribution >= 4 is 17.4 Å². The third-order valence-corrected chi connectivity index (χ3v) is 5.36. The molecule has 2 atom stereocenters. The van der Waals surface area contributed by atoms with Gasteiger partial charge in [-0.15, -0.1) is 10.2 Å². The lowest BCUT2D eigenvalue weighted by atomic mass is 9.90. The van der Waals surface area contributed by atoms with Gasteiger partial charge in [-0.3, -0.25) is 0 Å². The van der Waals surface area contributed by atoms with E-state index < -0.39 is 0 Å². The molecule has 1 aliphatic heterocycles. The number of aliphatic hydroxyl groups is 1. The summed E-state index contributed by atoms with van der Waals surface area (Å²) >= 11 is 6.30. The highest BCUT2D eigenvalue weighted by atomic mass is 35.5. The Bertz CT molecular complexity index is 562. The summed E-state index contributed by atoms with van der Waals surface area (Å²) < 4.78 is 5.76. The fourth-order valence-corrected chi connectivity index (χ4v) is 4.02. The molecule has 0 saturated heterocycles. The van der Waals surface area contributed by atoms with Crippen LogP contribution in [0.15, 0.2) is 0 Å². The summed E-state index contributed by atoms with van der Waals surface area (Å²) in [6.45, 7) is 1.26. The maximum atomic E-state index is 10.1. The summed E-state index contributed by atoms with van der Waals surface area (Å²) in [5, 5.41) is 22.4. The quantitative estimate of drug-likeness (QED) is 0.878. The largest absolute Gasteiger partial charge is 0.391 e. The number of aromatic nitrogens is 2. The van der Waals surface area contributed by atoms with Crippen molar-refractivity contribution in [1.82, 2.24) is 10.2 Å². The number of nitrogens with zero attached hydrogens (tertiary/aromatic N) is 2. The Balaban J connectivity index is 1.67. The number of nitrogens with one attached hydrogen (secondary N) is 1. The van der Waals surface area contributed by atoms with Gasteiger partial charge in [0, 0.05) is 16.5 Å². The number of anilines is 1. The smallest absolute Gasteiger partial charge is 0.156 e. The zero-order valence-corrected chi connectivity index (χ0v) is 12.7. The lowest BCUT2D eigenvalue weighted by Crippen LogP contribution is -2.37. The molecule has 0 radical (unpaired) electrons. The predicted molar refractivity (Wildman–Crippen MR) is 79.5 cm³/mol. The summed E-state index contributed by atoms with van der Waals surface area (Å²) in [5.74, 6) is 0.742. The summed E-state index contributed by atoms with van der Waals surface area (Å²) in [5.41, 5.74) is 2.23. The van der Waals surface area contributed by atoms with Gasteiger partial charge in [0.05, 0.1) is 25.4 Å². The van der Waals surface area contributed by atoms with E-state index in [1.54, 1.807) is 0 Å². The van der Waals surface area contributed by atoms with E-state index in [1.807, 2.05) is 0 Å². The average Bonchev–Trinajstić information content (AvgIpc) is 3.24. The molecule has 3 aliphatic rings. The SMILES string of the molecule is O[C@@H]1CCCC[C@H]1Nc1nnc(Cl)c2c1COCC21CC1. The molecular weight excluding hydrogens is 290 g/mol. The molecule has 6 heteroatoms. The monoisotopic (exact) mass is 309 g/mol. The van der Waals surface area contributed by atoms with Crippen LogP contribution in [0.25, 0.3) is 0 Å². The number of ether oxygens (including phenoxy) is 1. The lowest BCUT2D eigenvalue weighted by Gasteiger charge is -2.32. The van der Waals surface area contributed by atoms with Crippen LogP contribution in [0, 0.1) is 0 Å². The maximum absolute atomic E-state index is 10.1. The molecule has 1 aromatic rings. The highest BCUT2D eigenvalue weighted by Crippen LogP contribution is 2.54. The highest BCUT2D eigenvalue weighted by molar-refractivity contribution is 6.30. The van der Waals surface area contributed by atoms with Gasteiger partial charge in [0.15, 0.2) is 11.0 Å². The first-order valence-electron chi connectivity index (χ1n) is 7.77. The van der Waals surface area contributed by atoms with Gasteiger partial charge in [-0.05, 0) is 25.7 Å². The third kappa shape index (κ3) is 2.31. The molecule has 1 aromatic heterocycles. The summed E-state index contributed by atoms with van der Waals surface area (Å²) in [7, 11) is 0. The number of halogens is 1. The van der Waals surface area contributed by atoms with Crippen LogP contribution in [-0.2, 0) is 16.8 Å². The second-order valence-corrected chi connectivity index (χ2v) is 6.93. The van der Waals surface area contributed by atoms with Gasteiger partial charge >= 0.3 is 0 Å². The van der Waals surface area contributed by atoms with Gasteiger partial charge in [0.2, 0.25) is 0 Å². The highest BCUT2D eigenvalue weighted by Gasteiger charge is 2.50. The number of aliphatic hydroxyl groups excluding tert-OH is 1. The van der Waals surface area contributed by atoms with E-state index in [4.69, 9.17) is 16.3 Å². The van der Waals surface area contributed by atoms with Crippen LogP contribution < -0.4 is 5.32 Å². The second-order valence-electron chi connectivity index (χ2n) is 6.57. The van der Waals surface area contributed by atoms with Crippen LogP contribution >= 0.6 is 11.6 Å². The zero-order valence-electron chi connectivity index (χ0n) is 11.9. The summed E-state index contributed by atoms with van der Waals surface area (Å²) in [6.07, 6.45) is 5.95. The third-order valence-electron chi connectivity index (χ3n) is 5.09. The van der Waals surface area contributed by atoms with Crippen LogP contribution in [0.4, 0.5) is 5.82 Å². The second kappa shape index (κ2) is 5.07. The first-order chi connectivity index (χ1) is 10.2. The maximum Gasteiger partial charge on any atom is 0.156 e. The summed E-state index contributed by atoms with van der Waals surface area (Å²) in [4.78, 5) is 0. The normalized spacial score (nSPS) is 30.0. The molecule has 0 unspecified atom stereocenters. The molecule has 0 bridgehead atoms. The summed E-state index contributed by atoms with van der Waals surface area (Å²) in [6, 6.07) is 0.0513. The van der Waals surface area contributed by atoms with Gasteiger partial charge in [-0.25, -0.2) is 0 Å². The lowest BCUT2D eigenvalue weighted by molar-refractivity contribution is 0.0832. The molecule has 1 spiro atoms. The van der Waals surface area contributed by atoms with Crippen molar-refractivity contribution < 1.29 is 9.84 Å². The molecule has 5 nitrogen and oxygen atoms in total. The van der Waals surface area contributed by atoms with E-state index in [0.717, 1.165) is 62.1 Å². The number of hydrogen-bond acceptors (Lipinski definition) is 5. The van der Waals surface area contributed by atoms with Crippen molar-refractivity contribution in [2.45, 2.75) is 62.7 Å². The number of hydrogen-bond donors (Lipinski definition) is 2. The Kier molecular flexibility index (Phi) is 3.32. The Morgan fingerprint density at radius 1 is 1.24 bits per heavy atom. The van der Waals surface area contributed by atoms with E-state index in [0.29, 0.717) is 11.8 Å². The molecule has 4 rings (SSSR count). The van der Waals surface area contributed by atoms with Crippen LogP contribution in [0.5, 0.6) is 0 Å². The first kappa shape index (κ1) is 13.7. The molecule has 114 valence electrons. The zero-order chi connectivity index (χ0) is 14.4. The molecule has 0 aromatic carbocycles. The molecule has 2 heterocycles. The van der Waals surface area contributed by atoms with Gasteiger partial charge in [-0.1, -0.05) is 24.4 Å². The topological polar surface area (TPSA) is 67.3 Å². The minimum absolute atomic E-state index is 0.0513. The van der Waals surface area contributed by atoms with Crippen LogP contribution in [0.2, 0.25) is 5.15 Å². The minimum atomic E-state index is -0.314. The van der Waals surface area contributed by atoms with Gasteiger partial charge < -0.3 is 15.2 Å². The molecule has 2 N–H and O–H groups in total. The van der Waals surface area contributed by atoms with E-state index in [1.165, 1.54) is 0 Å². The Hall–Kier alpha value is -0.910. The van der Waals surface area contributed by atoms with Crippen molar-refractivity contribution in [2.75, 3.05) is 11.9 Å². The van der Waals surface area contributed by atoms with Crippen LogP contribution in [0.3, 0.4) is 0 Å². The fourth-order valence-electron chi connectivity index (χ4n) is 3.66. The average molecular weight is 310 g/mol. The Labute approximate surface area is 129 Å².